The molecule has 0 aromatic rings. The van der Waals surface area contributed by atoms with Crippen molar-refractivity contribution in [1.82, 2.24) is 15.1 Å². The lowest BCUT2D eigenvalue weighted by Gasteiger charge is -2.32. The molecule has 5 heteroatoms. The third-order valence-electron chi connectivity index (χ3n) is 3.55. The molecule has 0 aromatic carbocycles. The lowest BCUT2D eigenvalue weighted by Crippen LogP contribution is -2.47. The van der Waals surface area contributed by atoms with Crippen LogP contribution < -0.4 is 5.32 Å². The first kappa shape index (κ1) is 15.9. The number of rotatable bonds is 8. The standard InChI is InChI=1S/C13H29N3O2/c1-13(17,4-11-18-3)12-14-5-6-16-9-7-15(2)8-10-16/h14,17H,4-12H2,1-3H3. The fourth-order valence-corrected chi connectivity index (χ4v) is 2.08. The molecule has 0 aromatic heterocycles. The smallest absolute Gasteiger partial charge is 0.0765 e. The molecule has 0 amide bonds. The van der Waals surface area contributed by atoms with E-state index in [0.717, 1.165) is 39.3 Å². The van der Waals surface area contributed by atoms with Crippen LogP contribution in [0.25, 0.3) is 0 Å². The Bertz CT molecular complexity index is 216. The van der Waals surface area contributed by atoms with Crippen LogP contribution in [0.5, 0.6) is 0 Å². The number of nitrogens with one attached hydrogen (secondary N) is 1. The van der Waals surface area contributed by atoms with Crippen LogP contribution >= 0.6 is 0 Å². The van der Waals surface area contributed by atoms with Crippen LogP contribution in [0.4, 0.5) is 0 Å². The predicted molar refractivity (Wildman–Crippen MR) is 73.9 cm³/mol. The summed E-state index contributed by atoms with van der Waals surface area (Å²) < 4.78 is 4.99. The van der Waals surface area contributed by atoms with E-state index in [0.29, 0.717) is 19.6 Å². The molecule has 1 heterocycles. The summed E-state index contributed by atoms with van der Waals surface area (Å²) in [6.07, 6.45) is 0.672. The van der Waals surface area contributed by atoms with Gasteiger partial charge in [0.15, 0.2) is 0 Å². The van der Waals surface area contributed by atoms with Crippen LogP contribution in [-0.4, -0.2) is 87.1 Å². The van der Waals surface area contributed by atoms with E-state index in [9.17, 15) is 5.11 Å². The second kappa shape index (κ2) is 8.07. The molecule has 2 N–H and O–H groups in total. The van der Waals surface area contributed by atoms with Gasteiger partial charge in [-0.15, -0.1) is 0 Å². The molecule has 108 valence electrons. The van der Waals surface area contributed by atoms with Crippen molar-refractivity contribution >= 4 is 0 Å². The van der Waals surface area contributed by atoms with Crippen LogP contribution in [-0.2, 0) is 4.74 Å². The molecular formula is C13H29N3O2. The molecule has 1 fully saturated rings. The molecule has 5 nitrogen and oxygen atoms in total. The van der Waals surface area contributed by atoms with Crippen LogP contribution in [0.15, 0.2) is 0 Å². The van der Waals surface area contributed by atoms with Gasteiger partial charge in [0.2, 0.25) is 0 Å². The van der Waals surface area contributed by atoms with Crippen LogP contribution in [0.1, 0.15) is 13.3 Å². The largest absolute Gasteiger partial charge is 0.389 e. The third kappa shape index (κ3) is 6.66. The van der Waals surface area contributed by atoms with E-state index >= 15 is 0 Å². The van der Waals surface area contributed by atoms with Crippen molar-refractivity contribution in [1.29, 1.82) is 0 Å². The monoisotopic (exact) mass is 259 g/mol. The molecule has 1 atom stereocenters. The van der Waals surface area contributed by atoms with Crippen LogP contribution in [0.3, 0.4) is 0 Å². The van der Waals surface area contributed by atoms with E-state index in [1.54, 1.807) is 7.11 Å². The predicted octanol–water partition coefficient (Wildman–Crippen LogP) is -0.389. The molecule has 0 aliphatic carbocycles. The quantitative estimate of drug-likeness (QED) is 0.582. The number of aliphatic hydroxyl groups is 1. The lowest BCUT2D eigenvalue weighted by atomic mass is 10.0. The molecule has 0 spiro atoms. The van der Waals surface area contributed by atoms with Crippen molar-refractivity contribution in [2.75, 3.05) is 66.6 Å². The topological polar surface area (TPSA) is 48.0 Å². The Morgan fingerprint density at radius 3 is 2.56 bits per heavy atom. The van der Waals surface area contributed by atoms with Crippen LogP contribution in [0, 0.1) is 0 Å². The third-order valence-corrected chi connectivity index (χ3v) is 3.55. The summed E-state index contributed by atoms with van der Waals surface area (Å²) in [5, 5.41) is 13.4. The second-order valence-corrected chi connectivity index (χ2v) is 5.56. The molecular weight excluding hydrogens is 230 g/mol. The van der Waals surface area contributed by atoms with E-state index in [1.165, 1.54) is 0 Å². The number of methoxy groups -OCH3 is 1. The summed E-state index contributed by atoms with van der Waals surface area (Å²) in [5.41, 5.74) is -0.669. The Kier molecular flexibility index (Phi) is 7.11. The van der Waals surface area contributed by atoms with Gasteiger partial charge in [-0.05, 0) is 14.0 Å². The van der Waals surface area contributed by atoms with Gasteiger partial charge in [-0.25, -0.2) is 0 Å². The summed E-state index contributed by atoms with van der Waals surface area (Å²) in [6.45, 7) is 9.71. The molecule has 1 aliphatic rings. The van der Waals surface area contributed by atoms with Gasteiger partial charge >= 0.3 is 0 Å². The van der Waals surface area contributed by atoms with Gasteiger partial charge in [0, 0.05) is 66.0 Å². The fourth-order valence-electron chi connectivity index (χ4n) is 2.08. The molecule has 18 heavy (non-hydrogen) atoms. The minimum Gasteiger partial charge on any atom is -0.389 e. The molecule has 1 saturated heterocycles. The molecule has 0 bridgehead atoms. The molecule has 0 radical (unpaired) electrons. The Morgan fingerprint density at radius 2 is 1.94 bits per heavy atom. The normalized spacial score (nSPS) is 22.0. The maximum atomic E-state index is 10.1. The van der Waals surface area contributed by atoms with E-state index < -0.39 is 5.60 Å². The SMILES string of the molecule is COCCC(C)(O)CNCCN1CCN(C)CC1. The number of nitrogens with zero attached hydrogens (tertiary/aromatic N) is 2. The van der Waals surface area contributed by atoms with E-state index in [1.807, 2.05) is 6.92 Å². The number of hydrogen-bond acceptors (Lipinski definition) is 5. The van der Waals surface area contributed by atoms with Gasteiger partial charge in [-0.2, -0.15) is 0 Å². The average molecular weight is 259 g/mol. The summed E-state index contributed by atoms with van der Waals surface area (Å²) in [5.74, 6) is 0. The highest BCUT2D eigenvalue weighted by molar-refractivity contribution is 4.76. The van der Waals surface area contributed by atoms with Crippen LogP contribution in [0.2, 0.25) is 0 Å². The maximum Gasteiger partial charge on any atom is 0.0765 e. The van der Waals surface area contributed by atoms with Crippen molar-refractivity contribution < 1.29 is 9.84 Å². The summed E-state index contributed by atoms with van der Waals surface area (Å²) in [7, 11) is 3.83. The Labute approximate surface area is 111 Å². The van der Waals surface area contributed by atoms with Crippen molar-refractivity contribution in [3.63, 3.8) is 0 Å². The highest BCUT2D eigenvalue weighted by Crippen LogP contribution is 2.07. The molecule has 1 unspecified atom stereocenters. The highest BCUT2D eigenvalue weighted by atomic mass is 16.5. The molecule has 0 saturated carbocycles. The van der Waals surface area contributed by atoms with Gasteiger partial charge in [0.25, 0.3) is 0 Å². The number of ether oxygens (including phenoxy) is 1. The van der Waals surface area contributed by atoms with Crippen molar-refractivity contribution in [3.8, 4) is 0 Å². The fraction of sp³-hybridized carbons (Fsp3) is 1.00. The summed E-state index contributed by atoms with van der Waals surface area (Å²) >= 11 is 0. The van der Waals surface area contributed by atoms with E-state index in [-0.39, 0.29) is 0 Å². The minimum atomic E-state index is -0.669. The van der Waals surface area contributed by atoms with Crippen molar-refractivity contribution in [2.45, 2.75) is 18.9 Å². The van der Waals surface area contributed by atoms with Gasteiger partial charge in [-0.1, -0.05) is 0 Å². The molecule has 1 rings (SSSR count). The van der Waals surface area contributed by atoms with Gasteiger partial charge in [-0.3, -0.25) is 4.90 Å². The lowest BCUT2D eigenvalue weighted by molar-refractivity contribution is 0.0244. The van der Waals surface area contributed by atoms with E-state index in [2.05, 4.69) is 22.2 Å². The van der Waals surface area contributed by atoms with Crippen molar-refractivity contribution in [3.05, 3.63) is 0 Å². The first-order valence-electron chi connectivity index (χ1n) is 6.86. The number of hydrogen-bond donors (Lipinski definition) is 2. The second-order valence-electron chi connectivity index (χ2n) is 5.56. The Hall–Kier alpha value is -0.200. The number of piperazine rings is 1. The zero-order valence-electron chi connectivity index (χ0n) is 12.1. The summed E-state index contributed by atoms with van der Waals surface area (Å²) in [4.78, 5) is 4.83. The van der Waals surface area contributed by atoms with E-state index in [4.69, 9.17) is 4.74 Å². The van der Waals surface area contributed by atoms with Gasteiger partial charge in [0.05, 0.1) is 5.60 Å². The zero-order chi connectivity index (χ0) is 13.4. The van der Waals surface area contributed by atoms with Gasteiger partial charge in [0.1, 0.15) is 0 Å². The number of likely N-dealkylation sites (N-methyl/N-ethyl adjacent to an activating group) is 1. The Balaban J connectivity index is 2.04. The maximum absolute atomic E-state index is 10.1. The zero-order valence-corrected chi connectivity index (χ0v) is 12.1. The molecule has 1 aliphatic heterocycles. The summed E-state index contributed by atoms with van der Waals surface area (Å²) in [6, 6.07) is 0. The minimum absolute atomic E-state index is 0.604. The highest BCUT2D eigenvalue weighted by Gasteiger charge is 2.19. The van der Waals surface area contributed by atoms with Crippen molar-refractivity contribution in [2.24, 2.45) is 0 Å². The van der Waals surface area contributed by atoms with Gasteiger partial charge < -0.3 is 20.1 Å². The first-order valence-corrected chi connectivity index (χ1v) is 6.86. The Morgan fingerprint density at radius 1 is 1.28 bits per heavy atom. The first-order chi connectivity index (χ1) is 8.53. The average Bonchev–Trinajstić information content (AvgIpc) is 2.34.